The fraction of sp³-hybridized carbons (Fsp3) is 0.429. The minimum absolute atomic E-state index is 0.0581. The molecule has 9 heteroatoms. The maximum atomic E-state index is 12.2. The van der Waals surface area contributed by atoms with Crippen molar-refractivity contribution in [3.05, 3.63) is 29.5 Å². The van der Waals surface area contributed by atoms with Gasteiger partial charge in [-0.25, -0.2) is 14.8 Å². The van der Waals surface area contributed by atoms with Crippen LogP contribution < -0.4 is 10.6 Å². The van der Waals surface area contributed by atoms with Crippen LogP contribution in [0.25, 0.3) is 21.6 Å². The molecule has 3 atom stereocenters. The van der Waals surface area contributed by atoms with Gasteiger partial charge in [0.25, 0.3) is 0 Å². The van der Waals surface area contributed by atoms with Crippen molar-refractivity contribution in [2.75, 3.05) is 25.0 Å². The van der Waals surface area contributed by atoms with Crippen LogP contribution in [0.1, 0.15) is 17.7 Å². The standard InChI is InChI=1S/C21H23N7OS/c1-12-8-26-20(30-12)17-9-25-19-16(2-4-23-19)18(17)27-15-6-13-10-28(11-14(13)7-15)21(29)24-5-3-22/h2,4,8-9,13-15H,5-7,10-11H2,1H3,(H,24,29)(H2,23,25,27)/t13-,14+,15?. The molecule has 5 rings (SSSR count). The molecule has 4 heterocycles. The van der Waals surface area contributed by atoms with E-state index in [9.17, 15) is 4.79 Å². The number of anilines is 1. The molecule has 0 aromatic carbocycles. The number of nitrogens with one attached hydrogen (secondary N) is 3. The van der Waals surface area contributed by atoms with E-state index >= 15 is 0 Å². The lowest BCUT2D eigenvalue weighted by atomic mass is 10.0. The number of aromatic amines is 1. The Bertz CT molecular complexity index is 1120. The van der Waals surface area contributed by atoms with E-state index in [1.54, 1.807) is 11.3 Å². The van der Waals surface area contributed by atoms with Gasteiger partial charge in [0.2, 0.25) is 0 Å². The number of nitrogens with zero attached hydrogens (tertiary/aromatic N) is 4. The Hall–Kier alpha value is -3.12. The third-order valence-corrected chi connectivity index (χ3v) is 7.09. The number of carbonyl (C=O) groups is 1. The topological polar surface area (TPSA) is 110 Å². The number of fused-ring (bicyclic) bond motifs is 2. The van der Waals surface area contributed by atoms with Gasteiger partial charge < -0.3 is 20.5 Å². The highest BCUT2D eigenvalue weighted by molar-refractivity contribution is 7.15. The van der Waals surface area contributed by atoms with Gasteiger partial charge in [-0.05, 0) is 37.7 Å². The lowest BCUT2D eigenvalue weighted by molar-refractivity contribution is 0.206. The lowest BCUT2D eigenvalue weighted by Gasteiger charge is -2.21. The first kappa shape index (κ1) is 18.9. The van der Waals surface area contributed by atoms with E-state index in [1.165, 1.54) is 4.88 Å². The zero-order valence-electron chi connectivity index (χ0n) is 16.7. The molecule has 1 aliphatic carbocycles. The second-order valence-electron chi connectivity index (χ2n) is 8.12. The van der Waals surface area contributed by atoms with Crippen LogP contribution in [0.15, 0.2) is 24.7 Å². The number of amides is 2. The number of hydrogen-bond donors (Lipinski definition) is 3. The zero-order valence-corrected chi connectivity index (χ0v) is 17.5. The molecule has 1 aliphatic heterocycles. The average molecular weight is 422 g/mol. The number of rotatable bonds is 4. The smallest absolute Gasteiger partial charge is 0.318 e. The summed E-state index contributed by atoms with van der Waals surface area (Å²) in [5, 5.41) is 17.2. The van der Waals surface area contributed by atoms with E-state index < -0.39 is 0 Å². The molecule has 2 amide bonds. The molecule has 8 nitrogen and oxygen atoms in total. The first-order valence-corrected chi connectivity index (χ1v) is 11.0. The number of urea groups is 1. The fourth-order valence-electron chi connectivity index (χ4n) is 4.82. The predicted molar refractivity (Wildman–Crippen MR) is 116 cm³/mol. The first-order chi connectivity index (χ1) is 14.6. The second-order valence-corrected chi connectivity index (χ2v) is 9.35. The molecule has 2 fully saturated rings. The Balaban J connectivity index is 1.34. The fourth-order valence-corrected chi connectivity index (χ4v) is 5.60. The van der Waals surface area contributed by atoms with Gasteiger partial charge in [0.15, 0.2) is 0 Å². The highest BCUT2D eigenvalue weighted by atomic mass is 32.1. The van der Waals surface area contributed by atoms with Crippen LogP contribution in [0.2, 0.25) is 0 Å². The number of aromatic nitrogens is 3. The summed E-state index contributed by atoms with van der Waals surface area (Å²) in [4.78, 5) is 27.5. The van der Waals surface area contributed by atoms with Crippen molar-refractivity contribution < 1.29 is 4.79 Å². The van der Waals surface area contributed by atoms with Crippen molar-refractivity contribution in [2.45, 2.75) is 25.8 Å². The Labute approximate surface area is 178 Å². The third-order valence-electron chi connectivity index (χ3n) is 6.14. The van der Waals surface area contributed by atoms with Crippen LogP contribution in [0.3, 0.4) is 0 Å². The number of thiazole rings is 1. The number of nitriles is 1. The lowest BCUT2D eigenvalue weighted by Crippen LogP contribution is -2.39. The van der Waals surface area contributed by atoms with Crippen LogP contribution in [-0.2, 0) is 0 Å². The van der Waals surface area contributed by atoms with Crippen LogP contribution in [0, 0.1) is 30.1 Å². The first-order valence-electron chi connectivity index (χ1n) is 10.2. The molecule has 3 aromatic rings. The van der Waals surface area contributed by atoms with Gasteiger partial charge in [-0.3, -0.25) is 0 Å². The van der Waals surface area contributed by atoms with Crippen LogP contribution >= 0.6 is 11.3 Å². The van der Waals surface area contributed by atoms with E-state index in [2.05, 4.69) is 38.6 Å². The van der Waals surface area contributed by atoms with Crippen LogP contribution in [-0.4, -0.2) is 51.6 Å². The van der Waals surface area contributed by atoms with Gasteiger partial charge in [-0.15, -0.1) is 11.3 Å². The summed E-state index contributed by atoms with van der Waals surface area (Å²) in [5.41, 5.74) is 2.99. The van der Waals surface area contributed by atoms with E-state index in [-0.39, 0.29) is 12.6 Å². The largest absolute Gasteiger partial charge is 0.381 e. The number of H-pyrrole nitrogens is 1. The summed E-state index contributed by atoms with van der Waals surface area (Å²) >= 11 is 1.68. The van der Waals surface area contributed by atoms with E-state index in [1.807, 2.05) is 29.6 Å². The summed E-state index contributed by atoms with van der Waals surface area (Å²) in [5.74, 6) is 0.980. The number of carbonyl (C=O) groups excluding carboxylic acids is 1. The average Bonchev–Trinajstić information content (AvgIpc) is 3.49. The molecule has 30 heavy (non-hydrogen) atoms. The van der Waals surface area contributed by atoms with E-state index in [4.69, 9.17) is 5.26 Å². The van der Waals surface area contributed by atoms with Crippen LogP contribution in [0.4, 0.5) is 10.5 Å². The quantitative estimate of drug-likeness (QED) is 0.560. The van der Waals surface area contributed by atoms with E-state index in [0.29, 0.717) is 17.9 Å². The Morgan fingerprint density at radius 1 is 1.33 bits per heavy atom. The maximum Gasteiger partial charge on any atom is 0.318 e. The number of likely N-dealkylation sites (tertiary alicyclic amines) is 1. The summed E-state index contributed by atoms with van der Waals surface area (Å²) < 4.78 is 0. The molecule has 3 N–H and O–H groups in total. The summed E-state index contributed by atoms with van der Waals surface area (Å²) in [6, 6.07) is 4.25. The number of pyridine rings is 1. The van der Waals surface area contributed by atoms with Gasteiger partial charge in [-0.2, -0.15) is 5.26 Å². The van der Waals surface area contributed by atoms with Gasteiger partial charge in [0.05, 0.1) is 17.3 Å². The monoisotopic (exact) mass is 421 g/mol. The maximum absolute atomic E-state index is 12.2. The van der Waals surface area contributed by atoms with Gasteiger partial charge >= 0.3 is 6.03 Å². The molecule has 154 valence electrons. The SMILES string of the molecule is Cc1cnc(-c2cnc3[nH]ccc3c2NC2C[C@@H]3CN(C(=O)NCC#N)C[C@@H]3C2)s1. The van der Waals surface area contributed by atoms with Crippen molar-refractivity contribution in [3.63, 3.8) is 0 Å². The third kappa shape index (κ3) is 3.37. The second kappa shape index (κ2) is 7.61. The summed E-state index contributed by atoms with van der Waals surface area (Å²) in [7, 11) is 0. The van der Waals surface area contributed by atoms with Crippen molar-refractivity contribution in [1.29, 1.82) is 5.26 Å². The minimum Gasteiger partial charge on any atom is -0.381 e. The molecule has 3 aromatic heterocycles. The molecule has 2 aliphatic rings. The number of aryl methyl sites for hydroxylation is 1. The molecular weight excluding hydrogens is 398 g/mol. The molecule has 0 radical (unpaired) electrons. The Morgan fingerprint density at radius 2 is 2.13 bits per heavy atom. The summed E-state index contributed by atoms with van der Waals surface area (Å²) in [6.07, 6.45) is 7.77. The summed E-state index contributed by atoms with van der Waals surface area (Å²) in [6.45, 7) is 3.64. The van der Waals surface area contributed by atoms with E-state index in [0.717, 1.165) is 53.2 Å². The molecular formula is C21H23N7OS. The molecule has 0 bridgehead atoms. The Morgan fingerprint density at radius 3 is 2.83 bits per heavy atom. The van der Waals surface area contributed by atoms with Gasteiger partial charge in [0.1, 0.15) is 17.2 Å². The highest BCUT2D eigenvalue weighted by Crippen LogP contribution is 2.42. The number of hydrogen-bond acceptors (Lipinski definition) is 6. The van der Waals surface area contributed by atoms with Crippen molar-refractivity contribution in [2.24, 2.45) is 11.8 Å². The van der Waals surface area contributed by atoms with Crippen LogP contribution in [0.5, 0.6) is 0 Å². The van der Waals surface area contributed by atoms with Crippen molar-refractivity contribution in [1.82, 2.24) is 25.2 Å². The molecule has 1 unspecified atom stereocenters. The zero-order chi connectivity index (χ0) is 20.7. The predicted octanol–water partition coefficient (Wildman–Crippen LogP) is 3.35. The molecule has 1 saturated carbocycles. The normalized spacial score (nSPS) is 22.8. The Kier molecular flexibility index (Phi) is 4.79. The van der Waals surface area contributed by atoms with Gasteiger partial charge in [0, 0.05) is 48.0 Å². The van der Waals surface area contributed by atoms with Crippen molar-refractivity contribution in [3.8, 4) is 16.6 Å². The van der Waals surface area contributed by atoms with Crippen molar-refractivity contribution >= 4 is 34.1 Å². The molecule has 1 saturated heterocycles. The van der Waals surface area contributed by atoms with Gasteiger partial charge in [-0.1, -0.05) is 0 Å². The minimum atomic E-state index is -0.125. The molecule has 0 spiro atoms. The highest BCUT2D eigenvalue weighted by Gasteiger charge is 2.42.